The molecule has 1 atom stereocenters. The van der Waals surface area contributed by atoms with Gasteiger partial charge in [0.05, 0.1) is 18.7 Å². The zero-order valence-corrected chi connectivity index (χ0v) is 18.4. The van der Waals surface area contributed by atoms with Crippen molar-refractivity contribution in [3.8, 4) is 17.1 Å². The maximum absolute atomic E-state index is 11.0. The van der Waals surface area contributed by atoms with Crippen LogP contribution in [0, 0.1) is 6.92 Å². The Kier molecular flexibility index (Phi) is 7.12. The molecule has 6 heteroatoms. The molecule has 1 aliphatic rings. The molecule has 2 aromatic carbocycles. The van der Waals surface area contributed by atoms with Crippen LogP contribution in [0.15, 0.2) is 54.7 Å². The van der Waals surface area contributed by atoms with Gasteiger partial charge in [0.15, 0.2) is 5.82 Å². The number of carboxylic acids is 1. The quantitative estimate of drug-likeness (QED) is 0.459. The van der Waals surface area contributed by atoms with Gasteiger partial charge in [-0.2, -0.15) is 0 Å². The van der Waals surface area contributed by atoms with Gasteiger partial charge in [-0.1, -0.05) is 35.9 Å². The number of nitrogens with zero attached hydrogens (tertiary/aromatic N) is 2. The van der Waals surface area contributed by atoms with Crippen molar-refractivity contribution in [2.75, 3.05) is 13.2 Å². The van der Waals surface area contributed by atoms with E-state index in [1.165, 1.54) is 11.1 Å². The van der Waals surface area contributed by atoms with Gasteiger partial charge in [0, 0.05) is 18.3 Å². The first-order chi connectivity index (χ1) is 15.6. The summed E-state index contributed by atoms with van der Waals surface area (Å²) < 4.78 is 5.90. The maximum atomic E-state index is 11.0. The van der Waals surface area contributed by atoms with E-state index in [9.17, 15) is 4.79 Å². The Morgan fingerprint density at radius 3 is 2.84 bits per heavy atom. The highest BCUT2D eigenvalue weighted by molar-refractivity contribution is 5.68. The molecular formula is C26H29N3O3. The number of carboxylic acid groups (broad SMARTS) is 1. The Labute approximate surface area is 188 Å². The van der Waals surface area contributed by atoms with Crippen molar-refractivity contribution >= 4 is 5.97 Å². The van der Waals surface area contributed by atoms with Crippen molar-refractivity contribution in [2.45, 2.75) is 45.1 Å². The molecule has 0 amide bonds. The first-order valence-corrected chi connectivity index (χ1v) is 11.2. The number of carbonyl (C=O) groups is 1. The lowest BCUT2D eigenvalue weighted by Crippen LogP contribution is -2.18. The number of nitrogens with one attached hydrogen (secondary N) is 1. The Balaban J connectivity index is 1.19. The Bertz CT molecular complexity index is 1070. The predicted molar refractivity (Wildman–Crippen MR) is 124 cm³/mol. The lowest BCUT2D eigenvalue weighted by Gasteiger charge is -2.11. The SMILES string of the molecule is Cc1ccc(-c2nccc(CNCCCOc3ccc4c(c3)CC[C@H]4CC(=O)O)n2)cc1. The minimum absolute atomic E-state index is 0.133. The predicted octanol–water partition coefficient (Wildman–Crippen LogP) is 4.52. The van der Waals surface area contributed by atoms with Gasteiger partial charge in [-0.25, -0.2) is 9.97 Å². The smallest absolute Gasteiger partial charge is 0.303 e. The molecule has 0 aliphatic heterocycles. The molecule has 1 aliphatic carbocycles. The summed E-state index contributed by atoms with van der Waals surface area (Å²) in [6.45, 7) is 4.21. The van der Waals surface area contributed by atoms with Crippen molar-refractivity contribution in [1.29, 1.82) is 0 Å². The van der Waals surface area contributed by atoms with Gasteiger partial charge in [0.2, 0.25) is 0 Å². The van der Waals surface area contributed by atoms with E-state index < -0.39 is 5.97 Å². The van der Waals surface area contributed by atoms with Crippen LogP contribution in [0.4, 0.5) is 0 Å². The normalized spacial score (nSPS) is 14.8. The third-order valence-electron chi connectivity index (χ3n) is 5.83. The number of hydrogen-bond donors (Lipinski definition) is 2. The zero-order valence-electron chi connectivity index (χ0n) is 18.4. The number of benzene rings is 2. The first-order valence-electron chi connectivity index (χ1n) is 11.2. The van der Waals surface area contributed by atoms with E-state index in [2.05, 4.69) is 40.4 Å². The molecule has 6 nitrogen and oxygen atoms in total. The van der Waals surface area contributed by atoms with E-state index in [0.717, 1.165) is 54.2 Å². The second-order valence-electron chi connectivity index (χ2n) is 8.31. The topological polar surface area (TPSA) is 84.3 Å². The fourth-order valence-electron chi connectivity index (χ4n) is 4.13. The lowest BCUT2D eigenvalue weighted by atomic mass is 9.98. The summed E-state index contributed by atoms with van der Waals surface area (Å²) in [6, 6.07) is 16.2. The molecule has 1 heterocycles. The molecule has 0 spiro atoms. The van der Waals surface area contributed by atoms with Gasteiger partial charge >= 0.3 is 5.97 Å². The second-order valence-corrected chi connectivity index (χ2v) is 8.31. The fourth-order valence-corrected chi connectivity index (χ4v) is 4.13. The van der Waals surface area contributed by atoms with Gasteiger partial charge in [0.1, 0.15) is 5.75 Å². The summed E-state index contributed by atoms with van der Waals surface area (Å²) in [5.41, 5.74) is 5.59. The van der Waals surface area contributed by atoms with Gasteiger partial charge in [0.25, 0.3) is 0 Å². The average molecular weight is 432 g/mol. The van der Waals surface area contributed by atoms with E-state index in [-0.39, 0.29) is 12.3 Å². The molecular weight excluding hydrogens is 402 g/mol. The summed E-state index contributed by atoms with van der Waals surface area (Å²) in [5.74, 6) is 1.01. The highest BCUT2D eigenvalue weighted by atomic mass is 16.5. The van der Waals surface area contributed by atoms with E-state index in [4.69, 9.17) is 9.84 Å². The minimum atomic E-state index is -0.732. The maximum Gasteiger partial charge on any atom is 0.303 e. The summed E-state index contributed by atoms with van der Waals surface area (Å²) in [4.78, 5) is 20.0. The molecule has 4 rings (SSSR count). The zero-order chi connectivity index (χ0) is 22.3. The lowest BCUT2D eigenvalue weighted by molar-refractivity contribution is -0.137. The van der Waals surface area contributed by atoms with E-state index >= 15 is 0 Å². The molecule has 2 N–H and O–H groups in total. The number of aromatic nitrogens is 2. The highest BCUT2D eigenvalue weighted by Crippen LogP contribution is 2.37. The number of fused-ring (bicyclic) bond motifs is 1. The van der Waals surface area contributed by atoms with Crippen LogP contribution in [0.2, 0.25) is 0 Å². The van der Waals surface area contributed by atoms with Gasteiger partial charge in [-0.15, -0.1) is 0 Å². The Morgan fingerprint density at radius 1 is 1.19 bits per heavy atom. The molecule has 1 aromatic heterocycles. The van der Waals surface area contributed by atoms with Crippen molar-refractivity contribution in [2.24, 2.45) is 0 Å². The fraction of sp³-hybridized carbons (Fsp3) is 0.346. The number of aryl methyl sites for hydroxylation is 2. The highest BCUT2D eigenvalue weighted by Gasteiger charge is 2.24. The summed E-state index contributed by atoms with van der Waals surface area (Å²) in [6.07, 6.45) is 4.72. The van der Waals surface area contributed by atoms with E-state index in [1.807, 2.05) is 30.3 Å². The van der Waals surface area contributed by atoms with Crippen LogP contribution in [0.25, 0.3) is 11.4 Å². The molecule has 166 valence electrons. The van der Waals surface area contributed by atoms with Gasteiger partial charge in [-0.05, 0) is 68.0 Å². The number of hydrogen-bond acceptors (Lipinski definition) is 5. The standard InChI is InChI=1S/C26H29N3O3/c1-18-3-5-19(6-4-18)26-28-13-11-22(29-26)17-27-12-2-14-32-23-9-10-24-20(15-23)7-8-21(24)16-25(30)31/h3-6,9-11,13,15,21,27H,2,7-8,12,14,16-17H2,1H3,(H,30,31)/t21-/m0/s1. The van der Waals surface area contributed by atoms with Crippen LogP contribution in [-0.2, 0) is 17.8 Å². The van der Waals surface area contributed by atoms with Crippen molar-refractivity contribution < 1.29 is 14.6 Å². The van der Waals surface area contributed by atoms with Crippen LogP contribution in [-0.4, -0.2) is 34.2 Å². The van der Waals surface area contributed by atoms with Crippen molar-refractivity contribution in [3.05, 3.63) is 77.1 Å². The van der Waals surface area contributed by atoms with Crippen LogP contribution < -0.4 is 10.1 Å². The summed E-state index contributed by atoms with van der Waals surface area (Å²) in [5, 5.41) is 12.5. The van der Waals surface area contributed by atoms with Crippen LogP contribution >= 0.6 is 0 Å². The van der Waals surface area contributed by atoms with E-state index in [0.29, 0.717) is 13.2 Å². The summed E-state index contributed by atoms with van der Waals surface area (Å²) in [7, 11) is 0. The molecule has 0 bridgehead atoms. The third-order valence-corrected chi connectivity index (χ3v) is 5.83. The second kappa shape index (κ2) is 10.4. The minimum Gasteiger partial charge on any atom is -0.494 e. The van der Waals surface area contributed by atoms with Crippen LogP contribution in [0.5, 0.6) is 5.75 Å². The molecule has 0 fully saturated rings. The van der Waals surface area contributed by atoms with Crippen LogP contribution in [0.1, 0.15) is 47.6 Å². The number of aliphatic carboxylic acids is 1. The first kappa shape index (κ1) is 22.0. The average Bonchev–Trinajstić information content (AvgIpc) is 3.18. The van der Waals surface area contributed by atoms with Crippen molar-refractivity contribution in [1.82, 2.24) is 15.3 Å². The van der Waals surface area contributed by atoms with E-state index in [1.54, 1.807) is 6.20 Å². The molecule has 32 heavy (non-hydrogen) atoms. The number of rotatable bonds is 10. The molecule has 0 unspecified atom stereocenters. The largest absolute Gasteiger partial charge is 0.494 e. The Morgan fingerprint density at radius 2 is 2.03 bits per heavy atom. The van der Waals surface area contributed by atoms with Crippen LogP contribution in [0.3, 0.4) is 0 Å². The molecule has 0 radical (unpaired) electrons. The molecule has 0 saturated heterocycles. The Hall–Kier alpha value is -3.25. The third kappa shape index (κ3) is 5.71. The van der Waals surface area contributed by atoms with Gasteiger partial charge < -0.3 is 15.2 Å². The number of ether oxygens (including phenoxy) is 1. The monoisotopic (exact) mass is 431 g/mol. The molecule has 0 saturated carbocycles. The summed E-state index contributed by atoms with van der Waals surface area (Å²) >= 11 is 0. The van der Waals surface area contributed by atoms with Crippen molar-refractivity contribution in [3.63, 3.8) is 0 Å². The molecule has 3 aromatic rings. The van der Waals surface area contributed by atoms with Gasteiger partial charge in [-0.3, -0.25) is 4.79 Å².